The minimum absolute atomic E-state index is 0.0321. The van der Waals surface area contributed by atoms with Crippen LogP contribution in [-0.2, 0) is 14.2 Å². The molecule has 0 N–H and O–H groups in total. The lowest BCUT2D eigenvalue weighted by atomic mass is 10.0. The Morgan fingerprint density at radius 1 is 0.778 bits per heavy atom. The van der Waals surface area contributed by atoms with Gasteiger partial charge in [0.05, 0.1) is 11.1 Å². The van der Waals surface area contributed by atoms with Gasteiger partial charge in [-0.15, -0.1) is 0 Å². The number of halogens is 2. The van der Waals surface area contributed by atoms with Gasteiger partial charge in [0.15, 0.2) is 25.2 Å². The second-order valence-corrected chi connectivity index (χ2v) is 5.91. The van der Waals surface area contributed by atoms with E-state index in [4.69, 9.17) is 14.2 Å². The molecule has 0 saturated carbocycles. The van der Waals surface area contributed by atoms with Gasteiger partial charge in [-0.3, -0.25) is 9.59 Å². The van der Waals surface area contributed by atoms with Gasteiger partial charge in [-0.2, -0.15) is 0 Å². The second-order valence-electron chi connectivity index (χ2n) is 5.91. The summed E-state index contributed by atoms with van der Waals surface area (Å²) in [6.07, 6.45) is -1.72. The Balaban J connectivity index is 2.43. The molecule has 0 heterocycles. The van der Waals surface area contributed by atoms with Gasteiger partial charge >= 0.3 is 0 Å². The summed E-state index contributed by atoms with van der Waals surface area (Å²) >= 11 is 0. The van der Waals surface area contributed by atoms with Crippen molar-refractivity contribution in [3.05, 3.63) is 69.3 Å². The lowest BCUT2D eigenvalue weighted by Crippen LogP contribution is -2.17. The maximum atomic E-state index is 14.6. The average molecular weight is 378 g/mol. The van der Waals surface area contributed by atoms with Crippen molar-refractivity contribution in [2.45, 2.75) is 26.4 Å². The highest BCUT2D eigenvalue weighted by atomic mass is 19.1. The van der Waals surface area contributed by atoms with Crippen LogP contribution < -0.4 is 0 Å². The van der Waals surface area contributed by atoms with Crippen molar-refractivity contribution in [2.75, 3.05) is 14.2 Å². The molecule has 0 bridgehead atoms. The van der Waals surface area contributed by atoms with E-state index in [0.717, 1.165) is 0 Å². The molecule has 2 aromatic carbocycles. The van der Waals surface area contributed by atoms with Crippen molar-refractivity contribution in [1.82, 2.24) is 0 Å². The molecule has 0 aliphatic heterocycles. The van der Waals surface area contributed by atoms with Crippen LogP contribution in [0.25, 0.3) is 0 Å². The number of rotatable bonds is 8. The number of aryl methyl sites for hydroxylation is 2. The van der Waals surface area contributed by atoms with Crippen LogP contribution in [0.4, 0.5) is 8.78 Å². The number of methoxy groups -OCH3 is 2. The lowest BCUT2D eigenvalue weighted by molar-refractivity contribution is -0.239. The third-order valence-corrected chi connectivity index (χ3v) is 4.27. The Hall–Kier alpha value is -2.48. The summed E-state index contributed by atoms with van der Waals surface area (Å²) in [5.41, 5.74) is 0.633. The molecule has 2 rings (SSSR count). The van der Waals surface area contributed by atoms with Gasteiger partial charge < -0.3 is 14.2 Å². The largest absolute Gasteiger partial charge is 0.351 e. The monoisotopic (exact) mass is 378 g/mol. The molecule has 2 aromatic rings. The van der Waals surface area contributed by atoms with E-state index in [1.54, 1.807) is 26.0 Å². The molecule has 0 saturated heterocycles. The fourth-order valence-electron chi connectivity index (χ4n) is 2.69. The summed E-state index contributed by atoms with van der Waals surface area (Å²) in [7, 11) is 2.55. The van der Waals surface area contributed by atoms with Gasteiger partial charge in [-0.1, -0.05) is 24.3 Å². The van der Waals surface area contributed by atoms with Crippen LogP contribution in [0, 0.1) is 25.5 Å². The summed E-state index contributed by atoms with van der Waals surface area (Å²) in [5.74, 6) is -1.57. The molecular weight excluding hydrogens is 358 g/mol. The van der Waals surface area contributed by atoms with Crippen LogP contribution in [0.1, 0.15) is 55.5 Å². The summed E-state index contributed by atoms with van der Waals surface area (Å²) in [6, 6.07) is 5.94. The van der Waals surface area contributed by atoms with Crippen molar-refractivity contribution < 1.29 is 32.6 Å². The molecule has 0 amide bonds. The molecule has 7 heteroatoms. The predicted molar refractivity (Wildman–Crippen MR) is 93.6 cm³/mol. The molecule has 0 aliphatic carbocycles. The molecule has 2 unspecified atom stereocenters. The van der Waals surface area contributed by atoms with Gasteiger partial charge in [0, 0.05) is 25.3 Å². The number of aldehydes is 2. The van der Waals surface area contributed by atoms with E-state index in [1.165, 1.54) is 26.4 Å². The van der Waals surface area contributed by atoms with Gasteiger partial charge in [-0.05, 0) is 25.0 Å². The molecule has 0 fully saturated rings. The molecular formula is C20H20F2O5. The quantitative estimate of drug-likeness (QED) is 0.509. The van der Waals surface area contributed by atoms with E-state index in [2.05, 4.69) is 0 Å². The molecule has 2 atom stereocenters. The van der Waals surface area contributed by atoms with Gasteiger partial charge in [-0.25, -0.2) is 8.78 Å². The summed E-state index contributed by atoms with van der Waals surface area (Å²) in [6.45, 7) is 3.19. The Labute approximate surface area is 155 Å². The molecule has 5 nitrogen and oxygen atoms in total. The van der Waals surface area contributed by atoms with E-state index in [1.807, 2.05) is 0 Å². The highest BCUT2D eigenvalue weighted by molar-refractivity contribution is 5.78. The van der Waals surface area contributed by atoms with Crippen molar-refractivity contribution in [2.24, 2.45) is 0 Å². The Morgan fingerprint density at radius 3 is 1.44 bits per heavy atom. The molecule has 0 spiro atoms. The minimum Gasteiger partial charge on any atom is -0.351 e. The minimum atomic E-state index is -1.27. The van der Waals surface area contributed by atoms with Crippen molar-refractivity contribution >= 4 is 12.6 Å². The van der Waals surface area contributed by atoms with E-state index < -0.39 is 24.2 Å². The highest BCUT2D eigenvalue weighted by Gasteiger charge is 2.27. The average Bonchev–Trinajstić information content (AvgIpc) is 2.65. The predicted octanol–water partition coefficient (Wildman–Crippen LogP) is 4.21. The SMILES string of the molecule is COC(OC(OC)c1ccc(C)c(C=O)c1F)c1ccc(C)c(C=O)c1F. The summed E-state index contributed by atoms with van der Waals surface area (Å²) in [5, 5.41) is 0. The van der Waals surface area contributed by atoms with E-state index >= 15 is 0 Å². The number of hydrogen-bond acceptors (Lipinski definition) is 5. The van der Waals surface area contributed by atoms with Crippen LogP contribution in [-0.4, -0.2) is 26.8 Å². The fourth-order valence-corrected chi connectivity index (χ4v) is 2.69. The van der Waals surface area contributed by atoms with Crippen molar-refractivity contribution in [3.63, 3.8) is 0 Å². The summed E-state index contributed by atoms with van der Waals surface area (Å²) < 4.78 is 45.2. The highest BCUT2D eigenvalue weighted by Crippen LogP contribution is 2.33. The first-order valence-electron chi connectivity index (χ1n) is 8.08. The molecule has 144 valence electrons. The zero-order valence-electron chi connectivity index (χ0n) is 15.4. The van der Waals surface area contributed by atoms with Crippen molar-refractivity contribution in [3.8, 4) is 0 Å². The number of ether oxygens (including phenoxy) is 3. The van der Waals surface area contributed by atoms with Gasteiger partial charge in [0.25, 0.3) is 0 Å². The first-order valence-corrected chi connectivity index (χ1v) is 8.08. The first-order chi connectivity index (χ1) is 12.9. The zero-order chi connectivity index (χ0) is 20.1. The standard InChI is InChI=1S/C20H20F2O5/c1-11-5-7-13(17(21)15(11)9-23)19(25-3)27-20(26-4)14-8-6-12(2)16(10-24)18(14)22/h5-10,19-20H,1-4H3. The van der Waals surface area contributed by atoms with Gasteiger partial charge in [0.1, 0.15) is 11.6 Å². The summed E-state index contributed by atoms with van der Waals surface area (Å²) in [4.78, 5) is 22.3. The van der Waals surface area contributed by atoms with Crippen LogP contribution in [0.5, 0.6) is 0 Å². The fraction of sp³-hybridized carbons (Fsp3) is 0.300. The van der Waals surface area contributed by atoms with E-state index in [0.29, 0.717) is 23.7 Å². The number of carbonyl (C=O) groups is 2. The maximum absolute atomic E-state index is 14.6. The zero-order valence-corrected chi connectivity index (χ0v) is 15.4. The molecule has 27 heavy (non-hydrogen) atoms. The van der Waals surface area contributed by atoms with Crippen LogP contribution >= 0.6 is 0 Å². The lowest BCUT2D eigenvalue weighted by Gasteiger charge is -2.25. The van der Waals surface area contributed by atoms with Crippen LogP contribution in [0.2, 0.25) is 0 Å². The third kappa shape index (κ3) is 4.10. The number of benzene rings is 2. The normalized spacial score (nSPS) is 13.3. The van der Waals surface area contributed by atoms with E-state index in [9.17, 15) is 18.4 Å². The topological polar surface area (TPSA) is 61.8 Å². The van der Waals surface area contributed by atoms with Crippen molar-refractivity contribution in [1.29, 1.82) is 0 Å². The third-order valence-electron chi connectivity index (χ3n) is 4.27. The number of carbonyl (C=O) groups excluding carboxylic acids is 2. The van der Waals surface area contributed by atoms with E-state index in [-0.39, 0.29) is 22.3 Å². The molecule has 0 aliphatic rings. The van der Waals surface area contributed by atoms with Crippen LogP contribution in [0.15, 0.2) is 24.3 Å². The Morgan fingerprint density at radius 2 is 1.15 bits per heavy atom. The molecule has 0 aromatic heterocycles. The Bertz CT molecular complexity index is 781. The van der Waals surface area contributed by atoms with Gasteiger partial charge in [0.2, 0.25) is 0 Å². The molecule has 0 radical (unpaired) electrons. The van der Waals surface area contributed by atoms with Crippen LogP contribution in [0.3, 0.4) is 0 Å². The Kier molecular flexibility index (Phi) is 6.90. The number of hydrogen-bond donors (Lipinski definition) is 0. The first kappa shape index (κ1) is 20.8. The smallest absolute Gasteiger partial charge is 0.189 e. The second kappa shape index (κ2) is 8.94. The maximum Gasteiger partial charge on any atom is 0.189 e.